The minimum Gasteiger partial charge on any atom is -0.483 e. The number of allylic oxidation sites excluding steroid dienone is 1. The Morgan fingerprint density at radius 1 is 1.40 bits per heavy atom. The second-order valence-electron chi connectivity index (χ2n) is 4.96. The summed E-state index contributed by atoms with van der Waals surface area (Å²) in [7, 11) is -0.300. The number of rotatable bonds is 3. The maximum atomic E-state index is 5.77. The Morgan fingerprint density at radius 2 is 2.20 bits per heavy atom. The molecule has 0 aromatic rings. The van der Waals surface area contributed by atoms with E-state index in [1.807, 2.05) is 24.5 Å². The van der Waals surface area contributed by atoms with Crippen LogP contribution in [0.3, 0.4) is 0 Å². The molecular formula is C14H20N4OS. The summed E-state index contributed by atoms with van der Waals surface area (Å²) in [5.41, 5.74) is 0.945. The van der Waals surface area contributed by atoms with E-state index >= 15 is 0 Å². The van der Waals surface area contributed by atoms with Gasteiger partial charge in [0, 0.05) is 49.9 Å². The maximum Gasteiger partial charge on any atom is 0.189 e. The largest absolute Gasteiger partial charge is 0.483 e. The zero-order valence-electron chi connectivity index (χ0n) is 11.8. The minimum absolute atomic E-state index is 0.300. The van der Waals surface area contributed by atoms with E-state index in [4.69, 9.17) is 9.10 Å². The van der Waals surface area contributed by atoms with E-state index < -0.39 is 0 Å². The number of nitrogens with zero attached hydrogens (tertiary/aromatic N) is 4. The van der Waals surface area contributed by atoms with Crippen LogP contribution in [0.4, 0.5) is 0 Å². The van der Waals surface area contributed by atoms with Crippen molar-refractivity contribution >= 4 is 16.6 Å². The van der Waals surface area contributed by atoms with Gasteiger partial charge in [-0.1, -0.05) is 6.08 Å². The molecular weight excluding hydrogens is 272 g/mol. The van der Waals surface area contributed by atoms with Gasteiger partial charge in [0.2, 0.25) is 0 Å². The average molecular weight is 292 g/mol. The van der Waals surface area contributed by atoms with Crippen molar-refractivity contribution in [2.45, 2.75) is 0 Å². The van der Waals surface area contributed by atoms with Crippen LogP contribution >= 0.6 is 0 Å². The zero-order chi connectivity index (χ0) is 13.9. The van der Waals surface area contributed by atoms with Crippen molar-refractivity contribution in [1.82, 2.24) is 9.80 Å². The van der Waals surface area contributed by atoms with E-state index in [1.54, 1.807) is 0 Å². The molecule has 20 heavy (non-hydrogen) atoms. The molecule has 3 rings (SSSR count). The molecule has 0 aromatic heterocycles. The van der Waals surface area contributed by atoms with Crippen molar-refractivity contribution in [3.8, 4) is 0 Å². The Kier molecular flexibility index (Phi) is 4.03. The van der Waals surface area contributed by atoms with Gasteiger partial charge >= 0.3 is 0 Å². The van der Waals surface area contributed by atoms with Crippen LogP contribution < -0.4 is 0 Å². The molecule has 0 aliphatic carbocycles. The van der Waals surface area contributed by atoms with Crippen LogP contribution in [0.15, 0.2) is 45.1 Å². The molecule has 6 heteroatoms. The number of ether oxygens (including phenoxy) is 1. The molecule has 0 N–H and O–H groups in total. The molecule has 1 unspecified atom stereocenters. The van der Waals surface area contributed by atoms with Crippen LogP contribution in [0.25, 0.3) is 0 Å². The van der Waals surface area contributed by atoms with Gasteiger partial charge < -0.3 is 9.64 Å². The van der Waals surface area contributed by atoms with Gasteiger partial charge in [0.05, 0.1) is 0 Å². The normalized spacial score (nSPS) is 26.6. The predicted molar refractivity (Wildman–Crippen MR) is 83.5 cm³/mol. The lowest BCUT2D eigenvalue weighted by Gasteiger charge is -2.36. The molecule has 0 radical (unpaired) electrons. The summed E-state index contributed by atoms with van der Waals surface area (Å²) in [5.74, 6) is 1.85. The molecule has 3 aliphatic rings. The lowest BCUT2D eigenvalue weighted by atomic mass is 10.2. The standard InChI is InChI=1S/C14H20N4OS/c1-3-6-17-7-9-18(10-8-17)14-13-12(5-4-11-19-13)15-20(2)16-14/h3-5H,1,6-11H2,2H3. The van der Waals surface area contributed by atoms with Crippen LogP contribution in [0, 0.1) is 0 Å². The minimum atomic E-state index is -0.300. The van der Waals surface area contributed by atoms with Crippen LogP contribution in [0.1, 0.15) is 0 Å². The summed E-state index contributed by atoms with van der Waals surface area (Å²) in [6, 6.07) is 0. The molecule has 0 spiro atoms. The van der Waals surface area contributed by atoms with Crippen molar-refractivity contribution in [2.75, 3.05) is 45.6 Å². The molecule has 0 saturated carbocycles. The molecule has 1 fully saturated rings. The van der Waals surface area contributed by atoms with Crippen LogP contribution in [-0.2, 0) is 15.6 Å². The van der Waals surface area contributed by atoms with E-state index in [-0.39, 0.29) is 10.9 Å². The van der Waals surface area contributed by atoms with Gasteiger partial charge in [0.25, 0.3) is 0 Å². The molecule has 108 valence electrons. The lowest BCUT2D eigenvalue weighted by molar-refractivity contribution is 0.160. The van der Waals surface area contributed by atoms with Crippen LogP contribution in [0.2, 0.25) is 0 Å². The quantitative estimate of drug-likeness (QED) is 0.737. The monoisotopic (exact) mass is 292 g/mol. The Bertz CT molecular complexity index is 527. The van der Waals surface area contributed by atoms with E-state index in [1.165, 1.54) is 0 Å². The van der Waals surface area contributed by atoms with Gasteiger partial charge in [0.1, 0.15) is 12.3 Å². The van der Waals surface area contributed by atoms with E-state index in [0.717, 1.165) is 50.0 Å². The van der Waals surface area contributed by atoms with Crippen molar-refractivity contribution in [3.63, 3.8) is 0 Å². The highest BCUT2D eigenvalue weighted by Gasteiger charge is 2.26. The van der Waals surface area contributed by atoms with E-state index in [2.05, 4.69) is 20.8 Å². The highest BCUT2D eigenvalue weighted by Crippen LogP contribution is 2.24. The molecule has 0 amide bonds. The van der Waals surface area contributed by atoms with Gasteiger partial charge in [0.15, 0.2) is 11.6 Å². The number of hydrogen-bond donors (Lipinski definition) is 0. The number of hydrogen-bond acceptors (Lipinski definition) is 5. The van der Waals surface area contributed by atoms with Gasteiger partial charge in [-0.25, -0.2) is 4.40 Å². The third kappa shape index (κ3) is 2.71. The fourth-order valence-electron chi connectivity index (χ4n) is 2.55. The van der Waals surface area contributed by atoms with Crippen LogP contribution in [0.5, 0.6) is 0 Å². The van der Waals surface area contributed by atoms with Crippen molar-refractivity contribution in [1.29, 1.82) is 0 Å². The van der Waals surface area contributed by atoms with Gasteiger partial charge in [-0.05, 0) is 12.2 Å². The summed E-state index contributed by atoms with van der Waals surface area (Å²) >= 11 is 0. The third-order valence-corrected chi connectivity index (χ3v) is 4.44. The van der Waals surface area contributed by atoms with E-state index in [9.17, 15) is 0 Å². The molecule has 1 saturated heterocycles. The maximum absolute atomic E-state index is 5.77. The summed E-state index contributed by atoms with van der Waals surface area (Å²) in [5, 5.41) is 0. The molecule has 5 nitrogen and oxygen atoms in total. The fraction of sp³-hybridized carbons (Fsp3) is 0.500. The number of piperazine rings is 1. The Morgan fingerprint density at radius 3 is 2.95 bits per heavy atom. The first-order chi connectivity index (χ1) is 9.78. The third-order valence-electron chi connectivity index (χ3n) is 3.54. The summed E-state index contributed by atoms with van der Waals surface area (Å²) in [4.78, 5) is 4.73. The first kappa shape index (κ1) is 13.6. The summed E-state index contributed by atoms with van der Waals surface area (Å²) in [6.45, 7) is 9.41. The van der Waals surface area contributed by atoms with Crippen LogP contribution in [-0.4, -0.2) is 61.1 Å². The van der Waals surface area contributed by atoms with Gasteiger partial charge in [-0.3, -0.25) is 4.90 Å². The average Bonchev–Trinajstić information content (AvgIpc) is 2.47. The van der Waals surface area contributed by atoms with E-state index in [0.29, 0.717) is 6.61 Å². The Hall–Kier alpha value is -1.40. The second-order valence-corrected chi connectivity index (χ2v) is 6.22. The molecule has 0 aromatic carbocycles. The molecule has 0 bridgehead atoms. The first-order valence-electron chi connectivity index (χ1n) is 6.86. The zero-order valence-corrected chi connectivity index (χ0v) is 12.6. The second kappa shape index (κ2) is 5.93. The van der Waals surface area contributed by atoms with Crippen molar-refractivity contribution in [3.05, 3.63) is 36.4 Å². The number of fused-ring (bicyclic) bond motifs is 1. The highest BCUT2D eigenvalue weighted by atomic mass is 32.2. The fourth-order valence-corrected chi connectivity index (χ4v) is 3.47. The SMILES string of the molecule is C=CCN1CCN(C2=C3OCC=CC3=NS(C)=N2)CC1. The summed E-state index contributed by atoms with van der Waals surface area (Å²) < 4.78 is 15.0. The molecule has 3 aliphatic heterocycles. The Balaban J connectivity index is 1.80. The first-order valence-corrected chi connectivity index (χ1v) is 8.41. The smallest absolute Gasteiger partial charge is 0.189 e. The predicted octanol–water partition coefficient (Wildman–Crippen LogP) is 1.35. The molecule has 1 atom stereocenters. The summed E-state index contributed by atoms with van der Waals surface area (Å²) in [6.07, 6.45) is 8.06. The highest BCUT2D eigenvalue weighted by molar-refractivity contribution is 7.85. The topological polar surface area (TPSA) is 40.4 Å². The van der Waals surface area contributed by atoms with Crippen molar-refractivity contribution in [2.24, 2.45) is 8.76 Å². The van der Waals surface area contributed by atoms with Gasteiger partial charge in [-0.2, -0.15) is 4.36 Å². The van der Waals surface area contributed by atoms with Crippen molar-refractivity contribution < 1.29 is 4.74 Å². The lowest BCUT2D eigenvalue weighted by Crippen LogP contribution is -2.46. The van der Waals surface area contributed by atoms with Gasteiger partial charge in [-0.15, -0.1) is 6.58 Å². The molecule has 3 heterocycles. The Labute approximate surface area is 122 Å².